The van der Waals surface area contributed by atoms with Crippen molar-refractivity contribution < 1.29 is 19.1 Å². The van der Waals surface area contributed by atoms with E-state index in [1.807, 2.05) is 0 Å². The van der Waals surface area contributed by atoms with E-state index in [9.17, 15) is 9.59 Å². The summed E-state index contributed by atoms with van der Waals surface area (Å²) in [5.41, 5.74) is 7.27. The lowest BCUT2D eigenvalue weighted by molar-refractivity contribution is -0.140. The first-order valence-corrected chi connectivity index (χ1v) is 5.12. The number of carbonyl (C=O) groups excluding carboxylic acids is 2. The number of benzene rings is 1. The number of nitrogens with two attached hydrogens (primary N) is 1. The van der Waals surface area contributed by atoms with E-state index in [-0.39, 0.29) is 12.4 Å². The zero-order valence-corrected chi connectivity index (χ0v) is 9.86. The van der Waals surface area contributed by atoms with Crippen molar-refractivity contribution in [2.45, 2.75) is 12.8 Å². The number of esters is 2. The first kappa shape index (κ1) is 13.0. The molecule has 0 aliphatic heterocycles. The highest BCUT2D eigenvalue weighted by Crippen LogP contribution is 2.16. The van der Waals surface area contributed by atoms with E-state index in [4.69, 9.17) is 5.73 Å². The highest BCUT2D eigenvalue weighted by atomic mass is 16.5. The van der Waals surface area contributed by atoms with Crippen LogP contribution >= 0.6 is 0 Å². The Bertz CT molecular complexity index is 429. The summed E-state index contributed by atoms with van der Waals surface area (Å²) in [7, 11) is 2.64. The molecular weight excluding hydrogens is 222 g/mol. The van der Waals surface area contributed by atoms with Gasteiger partial charge in [0.25, 0.3) is 0 Å². The van der Waals surface area contributed by atoms with Gasteiger partial charge in [0.2, 0.25) is 0 Å². The van der Waals surface area contributed by atoms with E-state index in [0.717, 1.165) is 5.56 Å². The van der Waals surface area contributed by atoms with E-state index in [1.165, 1.54) is 14.2 Å². The van der Waals surface area contributed by atoms with Gasteiger partial charge in [-0.2, -0.15) is 0 Å². The van der Waals surface area contributed by atoms with Crippen molar-refractivity contribution in [3.63, 3.8) is 0 Å². The molecule has 1 aromatic carbocycles. The Hall–Kier alpha value is -2.04. The molecule has 0 saturated carbocycles. The van der Waals surface area contributed by atoms with Crippen molar-refractivity contribution in [2.75, 3.05) is 20.0 Å². The third kappa shape index (κ3) is 3.48. The lowest BCUT2D eigenvalue weighted by Crippen LogP contribution is -2.07. The average molecular weight is 237 g/mol. The van der Waals surface area contributed by atoms with E-state index >= 15 is 0 Å². The molecule has 0 fully saturated rings. The van der Waals surface area contributed by atoms with Crippen molar-refractivity contribution in [2.24, 2.45) is 0 Å². The Morgan fingerprint density at radius 2 is 1.94 bits per heavy atom. The van der Waals surface area contributed by atoms with Gasteiger partial charge in [-0.05, 0) is 24.1 Å². The molecular formula is C12H15NO4. The van der Waals surface area contributed by atoms with Gasteiger partial charge < -0.3 is 15.2 Å². The van der Waals surface area contributed by atoms with Crippen LogP contribution in [0.4, 0.5) is 5.69 Å². The fourth-order valence-electron chi connectivity index (χ4n) is 1.41. The quantitative estimate of drug-likeness (QED) is 0.628. The number of hydrogen-bond donors (Lipinski definition) is 1. The van der Waals surface area contributed by atoms with Crippen LogP contribution in [0.2, 0.25) is 0 Å². The van der Waals surface area contributed by atoms with Gasteiger partial charge in [-0.1, -0.05) is 6.07 Å². The molecule has 2 N–H and O–H groups in total. The number of anilines is 1. The van der Waals surface area contributed by atoms with Crippen molar-refractivity contribution in [3.05, 3.63) is 29.3 Å². The molecule has 5 heteroatoms. The number of aryl methyl sites for hydroxylation is 1. The molecule has 0 bridgehead atoms. The summed E-state index contributed by atoms with van der Waals surface area (Å²) in [6.07, 6.45) is 0.811. The minimum atomic E-state index is -0.470. The molecule has 0 heterocycles. The molecule has 1 aromatic rings. The molecule has 0 aromatic heterocycles. The monoisotopic (exact) mass is 237 g/mol. The Morgan fingerprint density at radius 3 is 2.47 bits per heavy atom. The summed E-state index contributed by atoms with van der Waals surface area (Å²) < 4.78 is 9.12. The van der Waals surface area contributed by atoms with Gasteiger partial charge in [0.05, 0.1) is 19.8 Å². The first-order chi connectivity index (χ1) is 8.08. The molecule has 0 aliphatic carbocycles. The number of rotatable bonds is 4. The predicted octanol–water partition coefficient (Wildman–Crippen LogP) is 1.16. The first-order valence-electron chi connectivity index (χ1n) is 5.12. The minimum absolute atomic E-state index is 0.277. The summed E-state index contributed by atoms with van der Waals surface area (Å²) in [5.74, 6) is -0.748. The summed E-state index contributed by atoms with van der Waals surface area (Å²) in [6, 6.07) is 4.99. The molecule has 0 aliphatic rings. The second kappa shape index (κ2) is 5.89. The van der Waals surface area contributed by atoms with Gasteiger partial charge >= 0.3 is 11.9 Å². The number of ether oxygens (including phenoxy) is 2. The zero-order valence-electron chi connectivity index (χ0n) is 9.86. The normalized spacial score (nSPS) is 9.76. The van der Waals surface area contributed by atoms with Crippen LogP contribution in [-0.4, -0.2) is 26.2 Å². The molecule has 1 rings (SSSR count). The van der Waals surface area contributed by atoms with Crippen LogP contribution in [0.3, 0.4) is 0 Å². The van der Waals surface area contributed by atoms with Gasteiger partial charge in [-0.3, -0.25) is 4.79 Å². The Labute approximate surface area is 99.5 Å². The largest absolute Gasteiger partial charge is 0.469 e. The fraction of sp³-hybridized carbons (Fsp3) is 0.333. The topological polar surface area (TPSA) is 78.6 Å². The standard InChI is InChI=1S/C12H15NO4/c1-16-11(14)6-4-8-3-5-9(10(13)7-8)12(15)17-2/h3,5,7H,4,6,13H2,1-2H3. The zero-order chi connectivity index (χ0) is 12.8. The van der Waals surface area contributed by atoms with Crippen LogP contribution in [0.5, 0.6) is 0 Å². The number of nitrogen functional groups attached to an aromatic ring is 1. The molecule has 0 amide bonds. The number of carbonyl (C=O) groups is 2. The maximum Gasteiger partial charge on any atom is 0.339 e. The Balaban J connectivity index is 2.75. The second-order valence-electron chi connectivity index (χ2n) is 3.49. The maximum absolute atomic E-state index is 11.3. The molecule has 0 saturated heterocycles. The van der Waals surface area contributed by atoms with Crippen molar-refractivity contribution in [1.29, 1.82) is 0 Å². The molecule has 0 unspecified atom stereocenters. The van der Waals surface area contributed by atoms with Crippen LogP contribution in [0.15, 0.2) is 18.2 Å². The predicted molar refractivity (Wildman–Crippen MR) is 62.5 cm³/mol. The van der Waals surface area contributed by atoms with Crippen LogP contribution in [0.1, 0.15) is 22.3 Å². The van der Waals surface area contributed by atoms with E-state index < -0.39 is 5.97 Å². The second-order valence-corrected chi connectivity index (χ2v) is 3.49. The third-order valence-electron chi connectivity index (χ3n) is 2.37. The Morgan fingerprint density at radius 1 is 1.24 bits per heavy atom. The summed E-state index contributed by atoms with van der Waals surface area (Å²) >= 11 is 0. The van der Waals surface area contributed by atoms with E-state index in [1.54, 1.807) is 18.2 Å². The molecule has 17 heavy (non-hydrogen) atoms. The van der Waals surface area contributed by atoms with Crippen molar-refractivity contribution >= 4 is 17.6 Å². The van der Waals surface area contributed by atoms with Gasteiger partial charge in [0.1, 0.15) is 0 Å². The molecule has 0 atom stereocenters. The SMILES string of the molecule is COC(=O)CCc1ccc(C(=O)OC)c(N)c1. The highest BCUT2D eigenvalue weighted by Gasteiger charge is 2.10. The molecule has 5 nitrogen and oxygen atoms in total. The molecule has 92 valence electrons. The molecule has 0 radical (unpaired) electrons. The van der Waals surface area contributed by atoms with E-state index in [0.29, 0.717) is 17.7 Å². The third-order valence-corrected chi connectivity index (χ3v) is 2.37. The van der Waals surface area contributed by atoms with Crippen LogP contribution in [0.25, 0.3) is 0 Å². The van der Waals surface area contributed by atoms with Crippen LogP contribution < -0.4 is 5.73 Å². The van der Waals surface area contributed by atoms with Gasteiger partial charge in [0, 0.05) is 12.1 Å². The van der Waals surface area contributed by atoms with Crippen LogP contribution in [0, 0.1) is 0 Å². The van der Waals surface area contributed by atoms with Gasteiger partial charge in [0.15, 0.2) is 0 Å². The summed E-state index contributed by atoms with van der Waals surface area (Å²) in [6.45, 7) is 0. The highest BCUT2D eigenvalue weighted by molar-refractivity contribution is 5.95. The van der Waals surface area contributed by atoms with Gasteiger partial charge in [-0.15, -0.1) is 0 Å². The summed E-state index contributed by atoms with van der Waals surface area (Å²) in [5, 5.41) is 0. The Kier molecular flexibility index (Phi) is 4.51. The fourth-order valence-corrected chi connectivity index (χ4v) is 1.41. The molecule has 0 spiro atoms. The number of hydrogen-bond acceptors (Lipinski definition) is 5. The average Bonchev–Trinajstić information content (AvgIpc) is 2.35. The van der Waals surface area contributed by atoms with Gasteiger partial charge in [-0.25, -0.2) is 4.79 Å². The minimum Gasteiger partial charge on any atom is -0.469 e. The number of methoxy groups -OCH3 is 2. The smallest absolute Gasteiger partial charge is 0.339 e. The van der Waals surface area contributed by atoms with Crippen LogP contribution in [-0.2, 0) is 20.7 Å². The summed E-state index contributed by atoms with van der Waals surface area (Å²) in [4.78, 5) is 22.2. The van der Waals surface area contributed by atoms with E-state index in [2.05, 4.69) is 9.47 Å². The maximum atomic E-state index is 11.3. The lowest BCUT2D eigenvalue weighted by Gasteiger charge is -2.06. The van der Waals surface area contributed by atoms with Crippen molar-refractivity contribution in [1.82, 2.24) is 0 Å². The van der Waals surface area contributed by atoms with Crippen molar-refractivity contribution in [3.8, 4) is 0 Å². The lowest BCUT2D eigenvalue weighted by atomic mass is 10.1.